The molecule has 2 amide bonds. The van der Waals surface area contributed by atoms with E-state index in [9.17, 15) is 19.7 Å². The number of amides is 2. The smallest absolute Gasteiger partial charge is 0.282 e. The maximum absolute atomic E-state index is 12.0. The van der Waals surface area contributed by atoms with Crippen LogP contribution in [0.5, 0.6) is 11.5 Å². The molecule has 0 radical (unpaired) electrons. The number of hydrazone groups is 1. The molecule has 2 aromatic rings. The van der Waals surface area contributed by atoms with Crippen LogP contribution in [0.1, 0.15) is 10.6 Å². The zero-order chi connectivity index (χ0) is 21.0. The molecule has 0 fully saturated rings. The fourth-order valence-electron chi connectivity index (χ4n) is 2.09. The summed E-state index contributed by atoms with van der Waals surface area (Å²) in [5, 5.41) is 25.1. The van der Waals surface area contributed by atoms with E-state index in [1.807, 2.05) is 0 Å². The number of hydrogen-bond donors (Lipinski definition) is 2. The summed E-state index contributed by atoms with van der Waals surface area (Å²) in [5.41, 5.74) is 2.09. The number of nitrogens with zero attached hydrogens (tertiary/aromatic N) is 4. The number of hydrogen-bond acceptors (Lipinski definition) is 10. The molecule has 15 heteroatoms. The van der Waals surface area contributed by atoms with Crippen LogP contribution >= 0.6 is 34.5 Å². The molecule has 1 aliphatic heterocycles. The summed E-state index contributed by atoms with van der Waals surface area (Å²) in [5.74, 6) is -0.628. The zero-order valence-electron chi connectivity index (χ0n) is 14.1. The number of halogens is 2. The number of rotatable bonds is 7. The molecule has 29 heavy (non-hydrogen) atoms. The molecule has 0 saturated heterocycles. The molecule has 2 N–H and O–H groups in total. The summed E-state index contributed by atoms with van der Waals surface area (Å²) in [6.45, 7) is -0.0371. The van der Waals surface area contributed by atoms with Crippen molar-refractivity contribution in [2.24, 2.45) is 5.10 Å². The van der Waals surface area contributed by atoms with Crippen LogP contribution in [0.4, 0.5) is 10.8 Å². The third-order valence-electron chi connectivity index (χ3n) is 3.32. The molecule has 3 rings (SSSR count). The van der Waals surface area contributed by atoms with Gasteiger partial charge in [-0.25, -0.2) is 5.43 Å². The molecule has 1 aromatic carbocycles. The van der Waals surface area contributed by atoms with Crippen molar-refractivity contribution >= 4 is 63.4 Å². The van der Waals surface area contributed by atoms with Crippen LogP contribution in [0, 0.1) is 10.1 Å². The van der Waals surface area contributed by atoms with Gasteiger partial charge in [0.2, 0.25) is 17.8 Å². The largest absolute Gasteiger partial charge is 0.454 e. The van der Waals surface area contributed by atoms with Gasteiger partial charge in [0.1, 0.15) is 5.01 Å². The fraction of sp³-hybridized carbons (Fsp3) is 0.214. The van der Waals surface area contributed by atoms with Crippen molar-refractivity contribution in [3.8, 4) is 11.5 Å². The first-order valence-corrected chi connectivity index (χ1v) is 9.33. The van der Waals surface area contributed by atoms with E-state index in [-0.39, 0.29) is 35.3 Å². The number of nitrogens with one attached hydrogen (secondary N) is 2. The highest BCUT2D eigenvalue weighted by atomic mass is 35.5. The lowest BCUT2D eigenvalue weighted by Crippen LogP contribution is -2.19. The first-order chi connectivity index (χ1) is 13.8. The number of alkyl halides is 2. The summed E-state index contributed by atoms with van der Waals surface area (Å²) in [7, 11) is 0. The molecule has 0 spiro atoms. The van der Waals surface area contributed by atoms with Gasteiger partial charge in [0.15, 0.2) is 16.3 Å². The minimum absolute atomic E-state index is 0.0371. The number of ether oxygens (including phenoxy) is 2. The Bertz CT molecular complexity index is 997. The number of anilines is 1. The Morgan fingerprint density at radius 3 is 2.76 bits per heavy atom. The maximum atomic E-state index is 12.0. The van der Waals surface area contributed by atoms with Crippen LogP contribution in [0.15, 0.2) is 17.2 Å². The zero-order valence-corrected chi connectivity index (χ0v) is 16.5. The van der Waals surface area contributed by atoms with Gasteiger partial charge in [-0.05, 0) is 6.07 Å². The lowest BCUT2D eigenvalue weighted by Gasteiger charge is -2.01. The van der Waals surface area contributed by atoms with Gasteiger partial charge < -0.3 is 9.47 Å². The monoisotopic (exact) mass is 460 g/mol. The number of carbonyl (C=O) groups excluding carboxylic acids is 2. The van der Waals surface area contributed by atoms with Gasteiger partial charge in [0, 0.05) is 0 Å². The van der Waals surface area contributed by atoms with Gasteiger partial charge in [-0.15, -0.1) is 10.2 Å². The van der Waals surface area contributed by atoms with Gasteiger partial charge in [-0.2, -0.15) is 5.10 Å². The first-order valence-electron chi connectivity index (χ1n) is 7.65. The van der Waals surface area contributed by atoms with Crippen LogP contribution in [0.3, 0.4) is 0 Å². The van der Waals surface area contributed by atoms with Crippen LogP contribution in [0.2, 0.25) is 0 Å². The van der Waals surface area contributed by atoms with Crippen LogP contribution in [-0.4, -0.2) is 44.8 Å². The topological polar surface area (TPSA) is 158 Å². The van der Waals surface area contributed by atoms with E-state index in [4.69, 9.17) is 32.7 Å². The van der Waals surface area contributed by atoms with Gasteiger partial charge >= 0.3 is 0 Å². The second kappa shape index (κ2) is 8.98. The second-order valence-corrected chi connectivity index (χ2v) is 7.44. The Morgan fingerprint density at radius 1 is 1.34 bits per heavy atom. The molecule has 1 aliphatic rings. The van der Waals surface area contributed by atoms with E-state index in [1.54, 1.807) is 0 Å². The van der Waals surface area contributed by atoms with E-state index in [0.29, 0.717) is 10.8 Å². The SMILES string of the molecule is O=C(Cc1nnc(NC(=O)C(Cl)Cl)s1)N/N=C\c1cc2c(cc1[N+](=O)[O-])OCO2. The molecular formula is C14H10Cl2N6O6S. The van der Waals surface area contributed by atoms with Crippen molar-refractivity contribution in [1.29, 1.82) is 0 Å². The molecule has 1 aromatic heterocycles. The van der Waals surface area contributed by atoms with Crippen molar-refractivity contribution in [2.75, 3.05) is 12.1 Å². The van der Waals surface area contributed by atoms with Gasteiger partial charge in [-0.1, -0.05) is 34.5 Å². The van der Waals surface area contributed by atoms with Crippen molar-refractivity contribution in [1.82, 2.24) is 15.6 Å². The minimum atomic E-state index is -1.26. The van der Waals surface area contributed by atoms with Crippen molar-refractivity contribution in [2.45, 2.75) is 11.3 Å². The van der Waals surface area contributed by atoms with E-state index < -0.39 is 21.6 Å². The number of nitro groups is 1. The second-order valence-electron chi connectivity index (χ2n) is 5.28. The third-order valence-corrected chi connectivity index (χ3v) is 4.55. The van der Waals surface area contributed by atoms with E-state index in [1.165, 1.54) is 12.1 Å². The minimum Gasteiger partial charge on any atom is -0.454 e. The average Bonchev–Trinajstić information content (AvgIpc) is 3.29. The molecule has 0 unspecified atom stereocenters. The fourth-order valence-corrected chi connectivity index (χ4v) is 2.95. The number of fused-ring (bicyclic) bond motifs is 1. The lowest BCUT2D eigenvalue weighted by atomic mass is 10.1. The van der Waals surface area contributed by atoms with E-state index in [0.717, 1.165) is 17.6 Å². The Labute approximate surface area is 175 Å². The predicted octanol–water partition coefficient (Wildman–Crippen LogP) is 1.61. The molecule has 152 valence electrons. The molecule has 12 nitrogen and oxygen atoms in total. The highest BCUT2D eigenvalue weighted by Crippen LogP contribution is 2.37. The molecule has 2 heterocycles. The van der Waals surface area contributed by atoms with Crippen LogP contribution in [0.25, 0.3) is 0 Å². The Kier molecular flexibility index (Phi) is 6.41. The number of nitro benzene ring substituents is 1. The standard InChI is InChI=1S/C14H10Cl2N6O6S/c15-12(16)13(24)18-14-21-20-11(29-14)3-10(23)19-17-4-6-1-8-9(28-5-27-8)2-7(6)22(25)26/h1-2,4,12H,3,5H2,(H,19,23)(H,18,21,24)/b17-4-. The predicted molar refractivity (Wildman–Crippen MR) is 103 cm³/mol. The average molecular weight is 461 g/mol. The van der Waals surface area contributed by atoms with Crippen LogP contribution < -0.4 is 20.2 Å². The molecule has 0 aliphatic carbocycles. The summed E-state index contributed by atoms with van der Waals surface area (Å²) in [6.07, 6.45) is 0.935. The Balaban J connectivity index is 1.60. The van der Waals surface area contributed by atoms with E-state index in [2.05, 4.69) is 26.0 Å². The lowest BCUT2D eigenvalue weighted by molar-refractivity contribution is -0.385. The summed E-state index contributed by atoms with van der Waals surface area (Å²) >= 11 is 11.8. The number of carbonyl (C=O) groups is 2. The molecular weight excluding hydrogens is 451 g/mol. The van der Waals surface area contributed by atoms with Crippen molar-refractivity contribution in [3.05, 3.63) is 32.8 Å². The van der Waals surface area contributed by atoms with Crippen LogP contribution in [-0.2, 0) is 16.0 Å². The van der Waals surface area contributed by atoms with Gasteiger partial charge in [-0.3, -0.25) is 25.0 Å². The summed E-state index contributed by atoms with van der Waals surface area (Å²) in [4.78, 5) is 32.6. The maximum Gasteiger partial charge on any atom is 0.282 e. The van der Waals surface area contributed by atoms with E-state index >= 15 is 0 Å². The third kappa shape index (κ3) is 5.28. The molecule has 0 atom stereocenters. The molecule has 0 saturated carbocycles. The summed E-state index contributed by atoms with van der Waals surface area (Å²) < 4.78 is 10.3. The quantitative estimate of drug-likeness (QED) is 0.272. The first kappa shape index (κ1) is 20.7. The highest BCUT2D eigenvalue weighted by Gasteiger charge is 2.22. The number of benzene rings is 1. The van der Waals surface area contributed by atoms with Gasteiger partial charge in [0.25, 0.3) is 11.6 Å². The Hall–Kier alpha value is -3.03. The number of aromatic nitrogens is 2. The highest BCUT2D eigenvalue weighted by molar-refractivity contribution is 7.15. The molecule has 0 bridgehead atoms. The summed E-state index contributed by atoms with van der Waals surface area (Å²) in [6, 6.07) is 2.60. The normalized spacial score (nSPS) is 12.4. The van der Waals surface area contributed by atoms with Crippen molar-refractivity contribution in [3.63, 3.8) is 0 Å². The van der Waals surface area contributed by atoms with Gasteiger partial charge in [0.05, 0.1) is 29.2 Å². The van der Waals surface area contributed by atoms with Crippen molar-refractivity contribution < 1.29 is 24.0 Å². The Morgan fingerprint density at radius 2 is 2.07 bits per heavy atom.